The van der Waals surface area contributed by atoms with Gasteiger partial charge >= 0.3 is 0 Å². The lowest BCUT2D eigenvalue weighted by molar-refractivity contribution is -0.125. The highest BCUT2D eigenvalue weighted by atomic mass is 32.2. The smallest absolute Gasteiger partial charge is 0.153 e. The van der Waals surface area contributed by atoms with Gasteiger partial charge in [-0.2, -0.15) is 0 Å². The van der Waals surface area contributed by atoms with E-state index in [-0.39, 0.29) is 23.5 Å². The number of sulfone groups is 1. The van der Waals surface area contributed by atoms with Crippen LogP contribution in [0.4, 0.5) is 0 Å². The zero-order valence-corrected chi connectivity index (χ0v) is 11.9. The van der Waals surface area contributed by atoms with Gasteiger partial charge in [-0.15, -0.1) is 0 Å². The lowest BCUT2D eigenvalue weighted by Gasteiger charge is -2.33. The molecule has 1 saturated heterocycles. The molecule has 0 bridgehead atoms. The number of hydrogen-bond donors (Lipinski definition) is 0. The van der Waals surface area contributed by atoms with Crippen molar-refractivity contribution in [1.82, 2.24) is 4.90 Å². The second kappa shape index (κ2) is 5.70. The van der Waals surface area contributed by atoms with Crippen LogP contribution < -0.4 is 0 Å². The van der Waals surface area contributed by atoms with Crippen molar-refractivity contribution in [1.29, 1.82) is 0 Å². The molecule has 1 heterocycles. The maximum absolute atomic E-state index is 12.2. The summed E-state index contributed by atoms with van der Waals surface area (Å²) in [6.45, 7) is 2.87. The molecular formula is C13H23NO3S. The maximum Gasteiger partial charge on any atom is 0.153 e. The Kier molecular flexibility index (Phi) is 4.43. The summed E-state index contributed by atoms with van der Waals surface area (Å²) in [6.07, 6.45) is 5.64. The van der Waals surface area contributed by atoms with E-state index in [4.69, 9.17) is 0 Å². The topological polar surface area (TPSA) is 54.5 Å². The highest BCUT2D eigenvalue weighted by Gasteiger charge is 2.31. The van der Waals surface area contributed by atoms with Crippen molar-refractivity contribution < 1.29 is 13.2 Å². The molecule has 4 nitrogen and oxygen atoms in total. The van der Waals surface area contributed by atoms with E-state index in [1.165, 1.54) is 19.3 Å². The average molecular weight is 273 g/mol. The Balaban J connectivity index is 1.87. The van der Waals surface area contributed by atoms with Gasteiger partial charge < -0.3 is 0 Å². The minimum Gasteiger partial charge on any atom is -0.298 e. The van der Waals surface area contributed by atoms with Crippen LogP contribution >= 0.6 is 0 Å². The summed E-state index contributed by atoms with van der Waals surface area (Å²) in [5, 5.41) is 0. The molecule has 0 aromatic rings. The fraction of sp³-hybridized carbons (Fsp3) is 0.923. The van der Waals surface area contributed by atoms with E-state index in [1.807, 2.05) is 11.8 Å². The van der Waals surface area contributed by atoms with E-state index >= 15 is 0 Å². The molecule has 0 aromatic heterocycles. The van der Waals surface area contributed by atoms with Crippen LogP contribution in [-0.4, -0.2) is 49.7 Å². The third kappa shape index (κ3) is 3.54. The van der Waals surface area contributed by atoms with Gasteiger partial charge in [-0.25, -0.2) is 8.42 Å². The second-order valence-electron chi connectivity index (χ2n) is 5.74. The summed E-state index contributed by atoms with van der Waals surface area (Å²) in [6, 6.07) is -0.0173. The van der Waals surface area contributed by atoms with Crippen LogP contribution in [0.25, 0.3) is 0 Å². The molecule has 0 radical (unpaired) electrons. The summed E-state index contributed by atoms with van der Waals surface area (Å²) in [7, 11) is -2.88. The third-order valence-corrected chi connectivity index (χ3v) is 6.02. The largest absolute Gasteiger partial charge is 0.298 e. The fourth-order valence-corrected chi connectivity index (χ4v) is 4.65. The second-order valence-corrected chi connectivity index (χ2v) is 7.96. The van der Waals surface area contributed by atoms with Crippen LogP contribution in [-0.2, 0) is 14.6 Å². The molecule has 18 heavy (non-hydrogen) atoms. The molecule has 0 aromatic carbocycles. The lowest BCUT2D eigenvalue weighted by Crippen LogP contribution is -2.49. The summed E-state index contributed by atoms with van der Waals surface area (Å²) in [5.41, 5.74) is 0. The van der Waals surface area contributed by atoms with Crippen LogP contribution in [0, 0.1) is 5.92 Å². The molecule has 1 saturated carbocycles. The van der Waals surface area contributed by atoms with Crippen molar-refractivity contribution in [2.24, 2.45) is 5.92 Å². The van der Waals surface area contributed by atoms with Crippen molar-refractivity contribution in [3.8, 4) is 0 Å². The Hall–Kier alpha value is -0.420. The Morgan fingerprint density at radius 1 is 1.22 bits per heavy atom. The van der Waals surface area contributed by atoms with Crippen molar-refractivity contribution in [3.63, 3.8) is 0 Å². The maximum atomic E-state index is 12.2. The molecule has 2 fully saturated rings. The SMILES string of the molecule is CC1CS(=O)(=O)CCN1CC(=O)C1CCCCC1. The van der Waals surface area contributed by atoms with Crippen molar-refractivity contribution >= 4 is 15.6 Å². The van der Waals surface area contributed by atoms with Crippen LogP contribution in [0.2, 0.25) is 0 Å². The van der Waals surface area contributed by atoms with Gasteiger partial charge in [0.1, 0.15) is 5.78 Å². The van der Waals surface area contributed by atoms with Gasteiger partial charge in [0.15, 0.2) is 9.84 Å². The molecule has 0 spiro atoms. The predicted octanol–water partition coefficient (Wildman–Crippen LogP) is 1.25. The first-order chi connectivity index (χ1) is 8.48. The first-order valence-electron chi connectivity index (χ1n) is 6.95. The van der Waals surface area contributed by atoms with E-state index in [1.54, 1.807) is 0 Å². The molecule has 1 unspecified atom stereocenters. The Bertz CT molecular complexity index is 398. The molecule has 5 heteroatoms. The molecule has 1 aliphatic carbocycles. The first kappa shape index (κ1) is 14.0. The normalized spacial score (nSPS) is 30.2. The first-order valence-corrected chi connectivity index (χ1v) is 8.77. The highest BCUT2D eigenvalue weighted by molar-refractivity contribution is 7.91. The van der Waals surface area contributed by atoms with Gasteiger partial charge in [0.2, 0.25) is 0 Å². The molecule has 2 aliphatic rings. The van der Waals surface area contributed by atoms with E-state index < -0.39 is 9.84 Å². The zero-order chi connectivity index (χ0) is 13.2. The van der Waals surface area contributed by atoms with Crippen LogP contribution in [0.15, 0.2) is 0 Å². The van der Waals surface area contributed by atoms with Gasteiger partial charge in [0.25, 0.3) is 0 Å². The Labute approximate surface area is 110 Å². The molecular weight excluding hydrogens is 250 g/mol. The molecule has 104 valence electrons. The van der Waals surface area contributed by atoms with Gasteiger partial charge in [-0.1, -0.05) is 19.3 Å². The van der Waals surface area contributed by atoms with Crippen LogP contribution in [0.3, 0.4) is 0 Å². The molecule has 0 amide bonds. The van der Waals surface area contributed by atoms with Crippen LogP contribution in [0.1, 0.15) is 39.0 Å². The number of ketones is 1. The Morgan fingerprint density at radius 2 is 1.89 bits per heavy atom. The molecule has 1 atom stereocenters. The monoisotopic (exact) mass is 273 g/mol. The quantitative estimate of drug-likeness (QED) is 0.776. The van der Waals surface area contributed by atoms with Gasteiger partial charge in [0, 0.05) is 18.5 Å². The Morgan fingerprint density at radius 3 is 2.50 bits per heavy atom. The van der Waals surface area contributed by atoms with Crippen molar-refractivity contribution in [2.45, 2.75) is 45.1 Å². The summed E-state index contributed by atoms with van der Waals surface area (Å²) < 4.78 is 23.0. The minimum atomic E-state index is -2.88. The van der Waals surface area contributed by atoms with Gasteiger partial charge in [-0.05, 0) is 19.8 Å². The highest BCUT2D eigenvalue weighted by Crippen LogP contribution is 2.25. The van der Waals surface area contributed by atoms with Crippen molar-refractivity contribution in [2.75, 3.05) is 24.6 Å². The molecule has 0 N–H and O–H groups in total. The number of hydrogen-bond acceptors (Lipinski definition) is 4. The van der Waals surface area contributed by atoms with E-state index in [0.717, 1.165) is 12.8 Å². The van der Waals surface area contributed by atoms with E-state index in [2.05, 4.69) is 0 Å². The number of carbonyl (C=O) groups is 1. The van der Waals surface area contributed by atoms with Gasteiger partial charge in [0.05, 0.1) is 18.1 Å². The summed E-state index contributed by atoms with van der Waals surface area (Å²) in [5.74, 6) is 0.950. The minimum absolute atomic E-state index is 0.0173. The fourth-order valence-electron chi connectivity index (χ4n) is 3.02. The van der Waals surface area contributed by atoms with Crippen molar-refractivity contribution in [3.05, 3.63) is 0 Å². The van der Waals surface area contributed by atoms with E-state index in [9.17, 15) is 13.2 Å². The average Bonchev–Trinajstić information content (AvgIpc) is 2.33. The number of carbonyl (C=O) groups excluding carboxylic acids is 1. The number of nitrogens with zero attached hydrogens (tertiary/aromatic N) is 1. The molecule has 2 rings (SSSR count). The van der Waals surface area contributed by atoms with E-state index in [0.29, 0.717) is 18.9 Å². The summed E-state index contributed by atoms with van der Waals surface area (Å²) >= 11 is 0. The lowest BCUT2D eigenvalue weighted by atomic mass is 9.86. The zero-order valence-electron chi connectivity index (χ0n) is 11.1. The van der Waals surface area contributed by atoms with Crippen LogP contribution in [0.5, 0.6) is 0 Å². The number of rotatable bonds is 3. The third-order valence-electron chi connectivity index (χ3n) is 4.23. The predicted molar refractivity (Wildman–Crippen MR) is 71.3 cm³/mol. The number of Topliss-reactive ketones (excluding diaryl/α,β-unsaturated/α-hetero) is 1. The van der Waals surface area contributed by atoms with Gasteiger partial charge in [-0.3, -0.25) is 9.69 Å². The summed E-state index contributed by atoms with van der Waals surface area (Å²) in [4.78, 5) is 14.2. The standard InChI is InChI=1S/C13H23NO3S/c1-11-10-18(16,17)8-7-14(11)9-13(15)12-5-3-2-4-6-12/h11-12H,2-10H2,1H3. The molecule has 1 aliphatic heterocycles.